The van der Waals surface area contributed by atoms with Crippen molar-refractivity contribution in [2.75, 3.05) is 39.6 Å². The molecule has 95 heavy (non-hydrogen) atoms. The maximum atomic E-state index is 13.1. The van der Waals surface area contributed by atoms with E-state index >= 15 is 0 Å². The fourth-order valence-electron chi connectivity index (χ4n) is 11.5. The van der Waals surface area contributed by atoms with E-state index in [2.05, 4.69) is 55.4 Å². The van der Waals surface area contributed by atoms with Crippen molar-refractivity contribution in [3.63, 3.8) is 0 Å². The van der Waals surface area contributed by atoms with E-state index in [0.29, 0.717) is 31.6 Å². The van der Waals surface area contributed by atoms with E-state index in [4.69, 9.17) is 37.0 Å². The first kappa shape index (κ1) is 93.1. The molecule has 3 N–H and O–H groups in total. The summed E-state index contributed by atoms with van der Waals surface area (Å²) in [6.07, 6.45) is 50.1. The Morgan fingerprint density at radius 2 is 0.505 bits per heavy atom. The van der Waals surface area contributed by atoms with E-state index in [1.54, 1.807) is 0 Å². The predicted octanol–water partition coefficient (Wildman–Crippen LogP) is 22.0. The largest absolute Gasteiger partial charge is 0.472 e. The molecular weight excluding hydrogens is 1250 g/mol. The summed E-state index contributed by atoms with van der Waals surface area (Å²) in [4.78, 5) is 72.8. The number of unbranched alkanes of at least 4 members (excludes halogenated alkanes) is 38. The van der Waals surface area contributed by atoms with Crippen LogP contribution in [0.3, 0.4) is 0 Å². The van der Waals surface area contributed by atoms with Crippen LogP contribution in [0.25, 0.3) is 0 Å². The van der Waals surface area contributed by atoms with Crippen LogP contribution in [0.2, 0.25) is 0 Å². The topological polar surface area (TPSA) is 237 Å². The van der Waals surface area contributed by atoms with Gasteiger partial charge in [0, 0.05) is 25.7 Å². The van der Waals surface area contributed by atoms with E-state index in [-0.39, 0.29) is 25.7 Å². The number of rotatable bonds is 73. The summed E-state index contributed by atoms with van der Waals surface area (Å²) in [5.74, 6) is 0.916. The second kappa shape index (κ2) is 65.4. The van der Waals surface area contributed by atoms with E-state index in [1.165, 1.54) is 180 Å². The zero-order chi connectivity index (χ0) is 70.3. The minimum absolute atomic E-state index is 0.105. The van der Waals surface area contributed by atoms with Crippen LogP contribution < -0.4 is 0 Å². The standard InChI is InChI=1S/C76H148O17P2/c1-9-69(8)55-47-39-30-26-27-33-43-51-59-76(81)93-71(62-86-73(78)56-48-40-31-24-20-17-16-19-23-29-37-45-53-67(4)5)64-90-94(82,83)88-60-70(77)61-89-95(84,85)91-65-72(63-87-74(79)57-49-41-35-34-38-46-54-68(6)7)92-75(80)58-50-42-32-25-21-15-13-11-10-12-14-18-22-28-36-44-52-66(2)3/h66-72,77H,9-65H2,1-8H3,(H,82,83)(H,84,85)/t69?,70?,71-,72-/m1/s1. The van der Waals surface area contributed by atoms with E-state index in [9.17, 15) is 43.2 Å². The lowest BCUT2D eigenvalue weighted by molar-refractivity contribution is -0.161. The van der Waals surface area contributed by atoms with Gasteiger partial charge in [0.15, 0.2) is 12.2 Å². The van der Waals surface area contributed by atoms with Crippen LogP contribution in [-0.2, 0) is 65.4 Å². The molecule has 0 aliphatic rings. The van der Waals surface area contributed by atoms with E-state index in [0.717, 1.165) is 114 Å². The second-order valence-corrected chi connectivity index (χ2v) is 32.0. The summed E-state index contributed by atoms with van der Waals surface area (Å²) in [7, 11) is -9.91. The molecule has 0 saturated heterocycles. The summed E-state index contributed by atoms with van der Waals surface area (Å²) in [6.45, 7) is 14.2. The van der Waals surface area contributed by atoms with Gasteiger partial charge in [-0.1, -0.05) is 331 Å². The maximum absolute atomic E-state index is 13.1. The lowest BCUT2D eigenvalue weighted by atomic mass is 9.99. The summed E-state index contributed by atoms with van der Waals surface area (Å²) in [6, 6.07) is 0. The molecular formula is C76H148O17P2. The zero-order valence-electron chi connectivity index (χ0n) is 62.3. The van der Waals surface area contributed by atoms with Crippen LogP contribution in [0.4, 0.5) is 0 Å². The van der Waals surface area contributed by atoms with Gasteiger partial charge < -0.3 is 33.8 Å². The summed E-state index contributed by atoms with van der Waals surface area (Å²) >= 11 is 0. The van der Waals surface area contributed by atoms with Crippen molar-refractivity contribution in [3.8, 4) is 0 Å². The van der Waals surface area contributed by atoms with Crippen LogP contribution in [0.15, 0.2) is 0 Å². The van der Waals surface area contributed by atoms with Gasteiger partial charge >= 0.3 is 39.5 Å². The van der Waals surface area contributed by atoms with E-state index in [1.807, 2.05) is 0 Å². The third kappa shape index (κ3) is 69.0. The number of phosphoric acid groups is 2. The van der Waals surface area contributed by atoms with Crippen molar-refractivity contribution in [3.05, 3.63) is 0 Å². The van der Waals surface area contributed by atoms with Crippen molar-refractivity contribution in [2.24, 2.45) is 23.7 Å². The van der Waals surface area contributed by atoms with Crippen molar-refractivity contribution < 1.29 is 80.2 Å². The normalized spacial score (nSPS) is 14.4. The van der Waals surface area contributed by atoms with Gasteiger partial charge in [0.05, 0.1) is 26.4 Å². The average Bonchev–Trinajstić information content (AvgIpc) is 1.38. The number of phosphoric ester groups is 2. The Hall–Kier alpha value is -1.94. The smallest absolute Gasteiger partial charge is 0.462 e. The highest BCUT2D eigenvalue weighted by atomic mass is 31.2. The molecule has 0 spiro atoms. The minimum atomic E-state index is -4.96. The monoisotopic (exact) mass is 1400 g/mol. The van der Waals surface area contributed by atoms with Gasteiger partial charge in [-0.3, -0.25) is 37.3 Å². The van der Waals surface area contributed by atoms with Gasteiger partial charge in [0.25, 0.3) is 0 Å². The predicted molar refractivity (Wildman–Crippen MR) is 386 cm³/mol. The molecule has 0 radical (unpaired) electrons. The van der Waals surface area contributed by atoms with Crippen molar-refractivity contribution >= 4 is 39.5 Å². The van der Waals surface area contributed by atoms with Crippen molar-refractivity contribution in [1.29, 1.82) is 0 Å². The molecule has 0 aromatic carbocycles. The molecule has 0 aliphatic heterocycles. The quantitative estimate of drug-likeness (QED) is 0.0222. The lowest BCUT2D eigenvalue weighted by Crippen LogP contribution is -2.30. The number of carbonyl (C=O) groups excluding carboxylic acids is 4. The zero-order valence-corrected chi connectivity index (χ0v) is 64.1. The number of esters is 4. The van der Waals surface area contributed by atoms with Crippen LogP contribution in [0.5, 0.6) is 0 Å². The van der Waals surface area contributed by atoms with Crippen molar-refractivity contribution in [2.45, 2.75) is 401 Å². The Balaban J connectivity index is 5.20. The Bertz CT molecular complexity index is 1870. The highest BCUT2D eigenvalue weighted by Crippen LogP contribution is 2.45. The molecule has 0 rings (SSSR count). The highest BCUT2D eigenvalue weighted by Gasteiger charge is 2.30. The number of aliphatic hydroxyl groups is 1. The SMILES string of the molecule is CCC(C)CCCCCCCCCCC(=O)O[C@H](COC(=O)CCCCCCCCCCCCCCC(C)C)COP(=O)(O)OCC(O)COP(=O)(O)OC[C@@H](COC(=O)CCCCCCCCC(C)C)OC(=O)CCCCCCCCCCCCCCCCCCC(C)C. The van der Waals surface area contributed by atoms with Crippen LogP contribution >= 0.6 is 15.6 Å². The fourth-order valence-corrected chi connectivity index (χ4v) is 13.1. The molecule has 17 nitrogen and oxygen atoms in total. The van der Waals surface area contributed by atoms with Crippen molar-refractivity contribution in [1.82, 2.24) is 0 Å². The van der Waals surface area contributed by atoms with Gasteiger partial charge in [0.2, 0.25) is 0 Å². The Labute approximate surface area is 581 Å². The molecule has 564 valence electrons. The first-order valence-electron chi connectivity index (χ1n) is 39.2. The van der Waals surface area contributed by atoms with Crippen LogP contribution in [0.1, 0.15) is 383 Å². The Morgan fingerprint density at radius 3 is 0.747 bits per heavy atom. The summed E-state index contributed by atoms with van der Waals surface area (Å²) in [5, 5.41) is 10.6. The molecule has 19 heteroatoms. The molecule has 0 fully saturated rings. The molecule has 0 aromatic rings. The lowest BCUT2D eigenvalue weighted by Gasteiger charge is -2.21. The average molecular weight is 1400 g/mol. The first-order chi connectivity index (χ1) is 45.6. The molecule has 0 heterocycles. The van der Waals surface area contributed by atoms with Gasteiger partial charge in [-0.15, -0.1) is 0 Å². The molecule has 0 aromatic heterocycles. The van der Waals surface area contributed by atoms with Crippen LogP contribution in [0, 0.1) is 23.7 Å². The second-order valence-electron chi connectivity index (χ2n) is 29.1. The van der Waals surface area contributed by atoms with E-state index < -0.39 is 97.5 Å². The fraction of sp³-hybridized carbons (Fsp3) is 0.947. The van der Waals surface area contributed by atoms with Crippen LogP contribution in [-0.4, -0.2) is 96.7 Å². The van der Waals surface area contributed by atoms with Gasteiger partial charge in [-0.25, -0.2) is 9.13 Å². The maximum Gasteiger partial charge on any atom is 0.472 e. The third-order valence-electron chi connectivity index (χ3n) is 17.9. The molecule has 0 saturated carbocycles. The molecule has 6 atom stereocenters. The first-order valence-corrected chi connectivity index (χ1v) is 42.2. The molecule has 0 amide bonds. The molecule has 0 bridgehead atoms. The number of hydrogen-bond donors (Lipinski definition) is 3. The minimum Gasteiger partial charge on any atom is -0.462 e. The molecule has 0 aliphatic carbocycles. The van der Waals surface area contributed by atoms with Gasteiger partial charge in [0.1, 0.15) is 19.3 Å². The van der Waals surface area contributed by atoms with Gasteiger partial charge in [-0.2, -0.15) is 0 Å². The summed E-state index contributed by atoms with van der Waals surface area (Å²) < 4.78 is 68.5. The highest BCUT2D eigenvalue weighted by molar-refractivity contribution is 7.47. The summed E-state index contributed by atoms with van der Waals surface area (Å²) in [5.41, 5.74) is 0. The number of carbonyl (C=O) groups is 4. The number of ether oxygens (including phenoxy) is 4. The number of aliphatic hydroxyl groups excluding tert-OH is 1. The molecule has 4 unspecified atom stereocenters. The number of hydrogen-bond acceptors (Lipinski definition) is 15. The third-order valence-corrected chi connectivity index (χ3v) is 19.8. The Morgan fingerprint density at radius 1 is 0.295 bits per heavy atom. The Kier molecular flexibility index (Phi) is 64.0. The van der Waals surface area contributed by atoms with Gasteiger partial charge in [-0.05, 0) is 49.4 Å².